The maximum absolute atomic E-state index is 13.2. The van der Waals surface area contributed by atoms with Gasteiger partial charge in [0.15, 0.2) is 0 Å². The zero-order valence-corrected chi connectivity index (χ0v) is 27.6. The molecule has 0 saturated carbocycles. The molecule has 0 aliphatic heterocycles. The van der Waals surface area contributed by atoms with Gasteiger partial charge in [0.1, 0.15) is 11.5 Å². The summed E-state index contributed by atoms with van der Waals surface area (Å²) in [5, 5.41) is 0. The van der Waals surface area contributed by atoms with Gasteiger partial charge in [-0.3, -0.25) is 0 Å². The molecule has 0 bridgehead atoms. The molecule has 0 atom stereocenters. The third-order valence-corrected chi connectivity index (χ3v) is 11.5. The van der Waals surface area contributed by atoms with Crippen LogP contribution in [0.15, 0.2) is 58.3 Å². The van der Waals surface area contributed by atoms with Gasteiger partial charge in [0, 0.05) is 0 Å². The smallest absolute Gasteiger partial charge is 0.494 e. The van der Waals surface area contributed by atoms with E-state index in [0.717, 1.165) is 38.5 Å². The monoisotopic (exact) mass is 634 g/mol. The van der Waals surface area contributed by atoms with Crippen molar-refractivity contribution in [1.29, 1.82) is 0 Å². The van der Waals surface area contributed by atoms with Crippen LogP contribution in [0, 0.1) is 0 Å². The molecule has 0 aliphatic rings. The van der Waals surface area contributed by atoms with Crippen molar-refractivity contribution in [1.82, 2.24) is 0 Å². The molecule has 0 spiro atoms. The van der Waals surface area contributed by atoms with E-state index in [1.165, 1.54) is 113 Å². The second kappa shape index (κ2) is 20.3. The molecule has 2 rings (SSSR count). The van der Waals surface area contributed by atoms with E-state index in [9.17, 15) is 22.4 Å². The minimum absolute atomic E-state index is 0.311. The van der Waals surface area contributed by atoms with Crippen LogP contribution in [0.1, 0.15) is 117 Å². The predicted octanol–water partition coefficient (Wildman–Crippen LogP) is 8.56. The van der Waals surface area contributed by atoms with Crippen molar-refractivity contribution in [2.45, 2.75) is 126 Å². The number of benzene rings is 2. The van der Waals surface area contributed by atoms with Gasteiger partial charge in [-0.05, 0) is 61.4 Å². The van der Waals surface area contributed by atoms with Gasteiger partial charge in [-0.1, -0.05) is 104 Å². The molecule has 0 radical (unpaired) electrons. The fourth-order valence-corrected chi connectivity index (χ4v) is 8.08. The summed E-state index contributed by atoms with van der Waals surface area (Å²) >= 11 is 0. The Labute approximate surface area is 259 Å². The molecule has 0 amide bonds. The molecule has 0 aliphatic carbocycles. The molecule has 2 aromatic rings. The maximum atomic E-state index is 13.2. The van der Waals surface area contributed by atoms with Crippen LogP contribution in [0.4, 0.5) is 0 Å². The first-order valence-electron chi connectivity index (χ1n) is 15.9. The van der Waals surface area contributed by atoms with Crippen LogP contribution in [0.3, 0.4) is 0 Å². The minimum atomic E-state index is -4.63. The number of ether oxygens (including phenoxy) is 2. The van der Waals surface area contributed by atoms with Gasteiger partial charge >= 0.3 is 4.38 Å². The third-order valence-electron chi connectivity index (χ3n) is 7.34. The Balaban J connectivity index is 1.87. The first-order valence-corrected chi connectivity index (χ1v) is 18.9. The summed E-state index contributed by atoms with van der Waals surface area (Å²) in [7, 11) is -9.26. The largest absolute Gasteiger partial charge is 0.504 e. The Morgan fingerprint density at radius 1 is 0.535 bits per heavy atom. The number of nitrogens with zero attached hydrogens (tertiary/aromatic N) is 2. The lowest BCUT2D eigenvalue weighted by atomic mass is 10.1. The molecule has 0 heterocycles. The minimum Gasteiger partial charge on any atom is -0.494 e. The summed E-state index contributed by atoms with van der Waals surface area (Å²) in [6, 6.07) is 10.9. The van der Waals surface area contributed by atoms with Crippen LogP contribution in [0.5, 0.6) is 11.5 Å². The van der Waals surface area contributed by atoms with Gasteiger partial charge < -0.3 is 15.0 Å². The lowest BCUT2D eigenvalue weighted by molar-refractivity contribution is 0.00380. The molecule has 0 aromatic heterocycles. The van der Waals surface area contributed by atoms with Gasteiger partial charge in [0.05, 0.1) is 23.0 Å². The molecule has 0 N–H and O–H groups in total. The van der Waals surface area contributed by atoms with E-state index in [1.54, 1.807) is 0 Å². The predicted molar refractivity (Wildman–Crippen MR) is 172 cm³/mol. The molecule has 43 heavy (non-hydrogen) atoms. The first-order chi connectivity index (χ1) is 20.8. The second-order valence-electron chi connectivity index (χ2n) is 11.0. The standard InChI is InChI=1S/C33H50N2O6S2/c1-3-5-7-9-11-13-15-17-27-40-29-19-23-31(24-20-29)42(36,37)33(35-34)43(38,39)32-25-21-30(22-26-32)41-28-18-16-14-12-10-8-6-4-2/h19-26H,3-18,27-28H2,1-2H3. The SMILES string of the molecule is CCCCCCCCCCOc1ccc(S(=O)(=O)C(=[N+]=[N-])S(=O)(=O)c2ccc(OCCCCCCCCCC)cc2)cc1. The molecular weight excluding hydrogens is 585 g/mol. The highest BCUT2D eigenvalue weighted by molar-refractivity contribution is 8.31. The van der Waals surface area contributed by atoms with E-state index in [1.807, 2.05) is 0 Å². The highest BCUT2D eigenvalue weighted by Crippen LogP contribution is 2.24. The summed E-state index contributed by atoms with van der Waals surface area (Å²) < 4.78 is 62.7. The second-order valence-corrected chi connectivity index (χ2v) is 15.0. The molecule has 10 heteroatoms. The molecule has 240 valence electrons. The molecule has 0 unspecified atom stereocenters. The fourth-order valence-electron chi connectivity index (χ4n) is 4.74. The Morgan fingerprint density at radius 3 is 1.14 bits per heavy atom. The van der Waals surface area contributed by atoms with Crippen molar-refractivity contribution in [2.24, 2.45) is 0 Å². The molecule has 8 nitrogen and oxygen atoms in total. The van der Waals surface area contributed by atoms with Gasteiger partial charge in [-0.25, -0.2) is 16.8 Å². The van der Waals surface area contributed by atoms with Crippen molar-refractivity contribution >= 4 is 24.1 Å². The average Bonchev–Trinajstić information content (AvgIpc) is 3.00. The zero-order chi connectivity index (χ0) is 31.4. The van der Waals surface area contributed by atoms with E-state index in [2.05, 4.69) is 18.6 Å². The fraction of sp³-hybridized carbons (Fsp3) is 0.606. The number of hydrogen-bond donors (Lipinski definition) is 0. The van der Waals surface area contributed by atoms with Crippen LogP contribution < -0.4 is 9.47 Å². The third kappa shape index (κ3) is 12.8. The molecule has 2 aromatic carbocycles. The van der Waals surface area contributed by atoms with Gasteiger partial charge in [-0.15, -0.1) is 4.79 Å². The van der Waals surface area contributed by atoms with E-state index < -0.39 is 24.1 Å². The highest BCUT2D eigenvalue weighted by atomic mass is 32.3. The van der Waals surface area contributed by atoms with Crippen LogP contribution in [0.2, 0.25) is 0 Å². The van der Waals surface area contributed by atoms with E-state index in [4.69, 9.17) is 9.47 Å². The normalized spacial score (nSPS) is 11.7. The van der Waals surface area contributed by atoms with Crippen LogP contribution >= 0.6 is 0 Å². The highest BCUT2D eigenvalue weighted by Gasteiger charge is 2.44. The van der Waals surface area contributed by atoms with Gasteiger partial charge in [0.2, 0.25) is 0 Å². The summed E-state index contributed by atoms with van der Waals surface area (Å²) in [6.45, 7) is 5.43. The lowest BCUT2D eigenvalue weighted by Crippen LogP contribution is -2.26. The number of unbranched alkanes of at least 4 members (excludes halogenated alkanes) is 14. The summed E-state index contributed by atoms with van der Waals surface area (Å²) in [5.41, 5.74) is 9.50. The van der Waals surface area contributed by atoms with Crippen LogP contribution in [0.25, 0.3) is 5.53 Å². The van der Waals surface area contributed by atoms with Crippen molar-refractivity contribution in [3.05, 3.63) is 54.1 Å². The Kier molecular flexibility index (Phi) is 17.2. The first kappa shape index (κ1) is 36.5. The summed E-state index contributed by atoms with van der Waals surface area (Å²) in [5.74, 6) is 0.963. The van der Waals surface area contributed by atoms with Gasteiger partial charge in [-0.2, -0.15) is 0 Å². The lowest BCUT2D eigenvalue weighted by Gasteiger charge is -2.08. The Hall–Kier alpha value is -2.68. The maximum Gasteiger partial charge on any atom is 0.504 e. The number of sulfone groups is 2. The number of hydrogen-bond acceptors (Lipinski definition) is 6. The van der Waals surface area contributed by atoms with Crippen molar-refractivity contribution < 1.29 is 31.1 Å². The Bertz CT molecular complexity index is 1220. The molecule has 0 fully saturated rings. The number of rotatable bonds is 22. The molecule has 0 saturated heterocycles. The van der Waals surface area contributed by atoms with E-state index in [-0.39, 0.29) is 9.79 Å². The van der Waals surface area contributed by atoms with Gasteiger partial charge in [0.25, 0.3) is 19.7 Å². The summed E-state index contributed by atoms with van der Waals surface area (Å²) in [4.78, 5) is 2.09. The quantitative estimate of drug-likeness (QED) is 0.0420. The average molecular weight is 635 g/mol. The Morgan fingerprint density at radius 2 is 0.837 bits per heavy atom. The van der Waals surface area contributed by atoms with Crippen molar-refractivity contribution in [3.63, 3.8) is 0 Å². The van der Waals surface area contributed by atoms with Crippen LogP contribution in [-0.2, 0) is 19.7 Å². The van der Waals surface area contributed by atoms with Crippen molar-refractivity contribution in [3.8, 4) is 11.5 Å². The topological polar surface area (TPSA) is 123 Å². The summed E-state index contributed by atoms with van der Waals surface area (Å²) in [6.07, 6.45) is 18.9. The van der Waals surface area contributed by atoms with E-state index in [0.29, 0.717) is 24.7 Å². The molecular formula is C33H50N2O6S2. The zero-order valence-electron chi connectivity index (χ0n) is 26.0. The van der Waals surface area contributed by atoms with Crippen LogP contribution in [-0.4, -0.2) is 39.2 Å². The van der Waals surface area contributed by atoms with E-state index >= 15 is 0 Å². The van der Waals surface area contributed by atoms with Crippen molar-refractivity contribution in [2.75, 3.05) is 13.2 Å².